The maximum absolute atomic E-state index is 11.7. The molecule has 2 aromatic rings. The zero-order valence-corrected chi connectivity index (χ0v) is 12.1. The number of hydrogen-bond acceptors (Lipinski definition) is 5. The van der Waals surface area contributed by atoms with E-state index in [4.69, 9.17) is 0 Å². The highest BCUT2D eigenvalue weighted by Gasteiger charge is 2.05. The van der Waals surface area contributed by atoms with E-state index in [-0.39, 0.29) is 12.1 Å². The second-order valence-corrected chi connectivity index (χ2v) is 4.61. The molecule has 0 saturated heterocycles. The van der Waals surface area contributed by atoms with Crippen LogP contribution in [-0.2, 0) is 6.42 Å². The summed E-state index contributed by atoms with van der Waals surface area (Å²) in [6.07, 6.45) is 1.80. The summed E-state index contributed by atoms with van der Waals surface area (Å²) in [5.74, 6) is 0.570. The van der Waals surface area contributed by atoms with E-state index in [1.165, 1.54) is 12.0 Å². The topological polar surface area (TPSA) is 92.1 Å². The number of nitrogens with zero attached hydrogens (tertiary/aromatic N) is 2. The average Bonchev–Trinajstić information content (AvgIpc) is 3.00. The van der Waals surface area contributed by atoms with Crippen molar-refractivity contribution in [1.29, 1.82) is 0 Å². The van der Waals surface area contributed by atoms with E-state index in [0.717, 1.165) is 5.69 Å². The third-order valence-electron chi connectivity index (χ3n) is 3.14. The summed E-state index contributed by atoms with van der Waals surface area (Å²) in [7, 11) is 1.91. The number of aromatic nitrogens is 2. The molecule has 0 fully saturated rings. The van der Waals surface area contributed by atoms with Crippen LogP contribution in [0.2, 0.25) is 0 Å². The molecule has 0 aliphatic rings. The molecule has 0 saturated carbocycles. The van der Waals surface area contributed by atoms with Gasteiger partial charge in [-0.05, 0) is 31.7 Å². The normalized spacial score (nSPS) is 11.9. The second-order valence-electron chi connectivity index (χ2n) is 4.61. The Morgan fingerprint density at radius 2 is 2.10 bits per heavy atom. The number of amides is 2. The van der Waals surface area contributed by atoms with Gasteiger partial charge in [-0.1, -0.05) is 17.3 Å². The van der Waals surface area contributed by atoms with Crippen LogP contribution < -0.4 is 16.0 Å². The van der Waals surface area contributed by atoms with E-state index >= 15 is 0 Å². The predicted octanol–water partition coefficient (Wildman–Crippen LogP) is 1.71. The van der Waals surface area contributed by atoms with Crippen molar-refractivity contribution in [2.45, 2.75) is 19.4 Å². The predicted molar refractivity (Wildman–Crippen MR) is 78.9 cm³/mol. The van der Waals surface area contributed by atoms with Crippen molar-refractivity contribution < 1.29 is 9.32 Å². The molecule has 1 aromatic heterocycles. The first-order valence-electron chi connectivity index (χ1n) is 6.76. The average molecular weight is 289 g/mol. The van der Waals surface area contributed by atoms with Gasteiger partial charge in [0.15, 0.2) is 5.82 Å². The Morgan fingerprint density at radius 1 is 1.33 bits per heavy atom. The molecule has 1 atom stereocenters. The second kappa shape index (κ2) is 7.39. The summed E-state index contributed by atoms with van der Waals surface area (Å²) < 4.78 is 4.61. The highest BCUT2D eigenvalue weighted by Crippen LogP contribution is 2.15. The maximum atomic E-state index is 11.7. The Balaban J connectivity index is 1.77. The van der Waals surface area contributed by atoms with Gasteiger partial charge >= 0.3 is 6.03 Å². The molecule has 0 bridgehead atoms. The fourth-order valence-corrected chi connectivity index (χ4v) is 1.79. The van der Waals surface area contributed by atoms with Crippen molar-refractivity contribution in [3.05, 3.63) is 42.0 Å². The van der Waals surface area contributed by atoms with Crippen molar-refractivity contribution in [2.75, 3.05) is 18.9 Å². The quantitative estimate of drug-likeness (QED) is 0.753. The van der Waals surface area contributed by atoms with Crippen molar-refractivity contribution in [3.63, 3.8) is 0 Å². The SMILES string of the molecule is CNC(C)c1ccc(NC(=O)NCCc2ncon2)cc1. The molecular formula is C14H19N5O2. The van der Waals surface area contributed by atoms with Crippen molar-refractivity contribution >= 4 is 11.7 Å². The number of urea groups is 1. The first-order valence-corrected chi connectivity index (χ1v) is 6.76. The third kappa shape index (κ3) is 4.57. The van der Waals surface area contributed by atoms with Gasteiger partial charge in [-0.2, -0.15) is 4.98 Å². The lowest BCUT2D eigenvalue weighted by Gasteiger charge is -2.12. The van der Waals surface area contributed by atoms with Crippen LogP contribution >= 0.6 is 0 Å². The number of anilines is 1. The third-order valence-corrected chi connectivity index (χ3v) is 3.14. The Bertz CT molecular complexity index is 553. The van der Waals surface area contributed by atoms with Gasteiger partial charge in [0.25, 0.3) is 0 Å². The molecule has 0 aliphatic carbocycles. The summed E-state index contributed by atoms with van der Waals surface area (Å²) in [6, 6.07) is 7.74. The zero-order valence-electron chi connectivity index (χ0n) is 12.1. The van der Waals surface area contributed by atoms with Gasteiger partial charge in [-0.25, -0.2) is 4.79 Å². The minimum Gasteiger partial charge on any atom is -0.343 e. The highest BCUT2D eigenvalue weighted by molar-refractivity contribution is 5.89. The summed E-state index contributed by atoms with van der Waals surface area (Å²) >= 11 is 0. The molecule has 112 valence electrons. The van der Waals surface area contributed by atoms with E-state index in [2.05, 4.69) is 37.5 Å². The molecule has 0 aliphatic heterocycles. The molecule has 21 heavy (non-hydrogen) atoms. The number of rotatable bonds is 6. The molecule has 0 radical (unpaired) electrons. The lowest BCUT2D eigenvalue weighted by Crippen LogP contribution is -2.30. The summed E-state index contributed by atoms with van der Waals surface area (Å²) in [5.41, 5.74) is 1.92. The van der Waals surface area contributed by atoms with Crippen molar-refractivity contribution in [3.8, 4) is 0 Å². The molecule has 0 spiro atoms. The van der Waals surface area contributed by atoms with Crippen molar-refractivity contribution in [2.24, 2.45) is 0 Å². The Kier molecular flexibility index (Phi) is 5.28. The molecular weight excluding hydrogens is 270 g/mol. The minimum absolute atomic E-state index is 0.257. The molecule has 7 nitrogen and oxygen atoms in total. The number of nitrogens with one attached hydrogen (secondary N) is 3. The lowest BCUT2D eigenvalue weighted by atomic mass is 10.1. The van der Waals surface area contributed by atoms with Gasteiger partial charge in [0.05, 0.1) is 0 Å². The van der Waals surface area contributed by atoms with Crippen molar-refractivity contribution in [1.82, 2.24) is 20.8 Å². The number of hydrogen-bond donors (Lipinski definition) is 3. The molecule has 1 aromatic carbocycles. The highest BCUT2D eigenvalue weighted by atomic mass is 16.5. The summed E-state index contributed by atoms with van der Waals surface area (Å²) in [4.78, 5) is 15.6. The van der Waals surface area contributed by atoms with E-state index in [0.29, 0.717) is 18.8 Å². The van der Waals surface area contributed by atoms with Gasteiger partial charge in [0.2, 0.25) is 6.39 Å². The van der Waals surface area contributed by atoms with Crippen LogP contribution in [0.25, 0.3) is 0 Å². The molecule has 3 N–H and O–H groups in total. The van der Waals surface area contributed by atoms with Crippen LogP contribution in [0.15, 0.2) is 35.2 Å². The van der Waals surface area contributed by atoms with E-state index in [1.54, 1.807) is 0 Å². The lowest BCUT2D eigenvalue weighted by molar-refractivity contribution is 0.252. The monoisotopic (exact) mass is 289 g/mol. The number of carbonyl (C=O) groups is 1. The standard InChI is InChI=1S/C14H19N5O2/c1-10(15-2)11-3-5-12(6-4-11)18-14(20)16-8-7-13-17-9-21-19-13/h3-6,9-10,15H,7-8H2,1-2H3,(H2,16,18,20). The van der Waals surface area contributed by atoms with Gasteiger partial charge in [0, 0.05) is 24.7 Å². The maximum Gasteiger partial charge on any atom is 0.319 e. The van der Waals surface area contributed by atoms with E-state index in [9.17, 15) is 4.79 Å². The summed E-state index contributed by atoms with van der Waals surface area (Å²) in [6.45, 7) is 2.52. The van der Waals surface area contributed by atoms with Crippen LogP contribution in [0.5, 0.6) is 0 Å². The first kappa shape index (κ1) is 15.0. The minimum atomic E-state index is -0.257. The first-order chi connectivity index (χ1) is 10.2. The fourth-order valence-electron chi connectivity index (χ4n) is 1.79. The number of carbonyl (C=O) groups excluding carboxylic acids is 1. The molecule has 7 heteroatoms. The Morgan fingerprint density at radius 3 is 2.71 bits per heavy atom. The van der Waals surface area contributed by atoms with Crippen LogP contribution in [0.4, 0.5) is 10.5 Å². The van der Waals surface area contributed by atoms with E-state index < -0.39 is 0 Å². The van der Waals surface area contributed by atoms with Crippen LogP contribution in [-0.4, -0.2) is 29.8 Å². The Labute approximate surface area is 123 Å². The van der Waals surface area contributed by atoms with E-state index in [1.807, 2.05) is 31.3 Å². The molecule has 2 rings (SSSR count). The van der Waals surface area contributed by atoms with Gasteiger partial charge in [-0.3, -0.25) is 0 Å². The number of benzene rings is 1. The van der Waals surface area contributed by atoms with Crippen LogP contribution in [0, 0.1) is 0 Å². The fraction of sp³-hybridized carbons (Fsp3) is 0.357. The molecule has 2 amide bonds. The largest absolute Gasteiger partial charge is 0.343 e. The smallest absolute Gasteiger partial charge is 0.319 e. The van der Waals surface area contributed by atoms with Gasteiger partial charge < -0.3 is 20.5 Å². The van der Waals surface area contributed by atoms with Gasteiger partial charge in [0.1, 0.15) is 0 Å². The summed E-state index contributed by atoms with van der Waals surface area (Å²) in [5, 5.41) is 12.3. The Hall–Kier alpha value is -2.41. The molecule has 1 heterocycles. The van der Waals surface area contributed by atoms with Crippen LogP contribution in [0.3, 0.4) is 0 Å². The van der Waals surface area contributed by atoms with Crippen LogP contribution in [0.1, 0.15) is 24.4 Å². The van der Waals surface area contributed by atoms with Gasteiger partial charge in [-0.15, -0.1) is 0 Å². The zero-order chi connectivity index (χ0) is 15.1. The molecule has 1 unspecified atom stereocenters.